The molecule has 2 N–H and O–H groups in total. The number of nitrogens with one attached hydrogen (secondary N) is 2. The monoisotopic (exact) mass is 265 g/mol. The van der Waals surface area contributed by atoms with Crippen LogP contribution < -0.4 is 10.6 Å². The SMILES string of the molecule is CNC(=O)CN1CCC(NCc2ccc(C)o2)CC1. The Balaban J connectivity index is 1.67. The van der Waals surface area contributed by atoms with Gasteiger partial charge >= 0.3 is 0 Å². The first-order valence-corrected chi connectivity index (χ1v) is 6.89. The Morgan fingerprint density at radius 3 is 2.74 bits per heavy atom. The third-order valence-corrected chi connectivity index (χ3v) is 3.59. The van der Waals surface area contributed by atoms with Crippen LogP contribution in [0.4, 0.5) is 0 Å². The number of furan rings is 1. The maximum absolute atomic E-state index is 11.3. The Morgan fingerprint density at radius 1 is 1.42 bits per heavy atom. The van der Waals surface area contributed by atoms with Crippen molar-refractivity contribution in [2.75, 3.05) is 26.7 Å². The fourth-order valence-corrected chi connectivity index (χ4v) is 2.40. The van der Waals surface area contributed by atoms with Gasteiger partial charge in [-0.1, -0.05) is 0 Å². The zero-order chi connectivity index (χ0) is 13.7. The van der Waals surface area contributed by atoms with Gasteiger partial charge in [-0.3, -0.25) is 9.69 Å². The van der Waals surface area contributed by atoms with Crippen molar-refractivity contribution in [1.82, 2.24) is 15.5 Å². The zero-order valence-corrected chi connectivity index (χ0v) is 11.7. The third-order valence-electron chi connectivity index (χ3n) is 3.59. The first-order chi connectivity index (χ1) is 9.17. The zero-order valence-electron chi connectivity index (χ0n) is 11.7. The quantitative estimate of drug-likeness (QED) is 0.830. The number of hydrogen-bond donors (Lipinski definition) is 2. The highest BCUT2D eigenvalue weighted by atomic mass is 16.3. The van der Waals surface area contributed by atoms with Crippen LogP contribution in [0.25, 0.3) is 0 Å². The van der Waals surface area contributed by atoms with Crippen LogP contribution in [0.5, 0.6) is 0 Å². The second-order valence-electron chi connectivity index (χ2n) is 5.12. The molecule has 1 fully saturated rings. The first-order valence-electron chi connectivity index (χ1n) is 6.89. The predicted molar refractivity (Wildman–Crippen MR) is 73.8 cm³/mol. The van der Waals surface area contributed by atoms with Crippen molar-refractivity contribution >= 4 is 5.91 Å². The summed E-state index contributed by atoms with van der Waals surface area (Å²) in [7, 11) is 1.68. The Hall–Kier alpha value is -1.33. The molecule has 2 heterocycles. The molecule has 1 aromatic heterocycles. The van der Waals surface area contributed by atoms with Crippen LogP contribution in [0.3, 0.4) is 0 Å². The van der Waals surface area contributed by atoms with Gasteiger partial charge < -0.3 is 15.1 Å². The molecule has 0 unspecified atom stereocenters. The molecule has 0 spiro atoms. The van der Waals surface area contributed by atoms with E-state index in [0.717, 1.165) is 44.0 Å². The molecular formula is C14H23N3O2. The summed E-state index contributed by atoms with van der Waals surface area (Å²) in [6, 6.07) is 4.53. The smallest absolute Gasteiger partial charge is 0.233 e. The summed E-state index contributed by atoms with van der Waals surface area (Å²) in [6.07, 6.45) is 2.16. The van der Waals surface area contributed by atoms with E-state index in [4.69, 9.17) is 4.42 Å². The van der Waals surface area contributed by atoms with Crippen LogP contribution in [0.1, 0.15) is 24.4 Å². The van der Waals surface area contributed by atoms with E-state index in [2.05, 4.69) is 15.5 Å². The summed E-state index contributed by atoms with van der Waals surface area (Å²) in [5.74, 6) is 2.04. The van der Waals surface area contributed by atoms with E-state index in [1.54, 1.807) is 7.05 Å². The molecule has 19 heavy (non-hydrogen) atoms. The van der Waals surface area contributed by atoms with Crippen molar-refractivity contribution in [3.8, 4) is 0 Å². The molecule has 0 radical (unpaired) electrons. The van der Waals surface area contributed by atoms with Crippen LogP contribution in [0.2, 0.25) is 0 Å². The van der Waals surface area contributed by atoms with Crippen LogP contribution in [-0.2, 0) is 11.3 Å². The van der Waals surface area contributed by atoms with Gasteiger partial charge in [0.15, 0.2) is 0 Å². The van der Waals surface area contributed by atoms with Gasteiger partial charge in [0, 0.05) is 26.2 Å². The van der Waals surface area contributed by atoms with E-state index < -0.39 is 0 Å². The third kappa shape index (κ3) is 4.36. The fraction of sp³-hybridized carbons (Fsp3) is 0.643. The number of likely N-dealkylation sites (tertiary alicyclic amines) is 1. The van der Waals surface area contributed by atoms with Gasteiger partial charge in [0.05, 0.1) is 13.1 Å². The molecule has 1 amide bonds. The number of carbonyl (C=O) groups is 1. The lowest BCUT2D eigenvalue weighted by molar-refractivity contribution is -0.122. The summed E-state index contributed by atoms with van der Waals surface area (Å²) >= 11 is 0. The molecule has 2 rings (SSSR count). The molecule has 0 bridgehead atoms. The van der Waals surface area contributed by atoms with E-state index in [1.165, 1.54) is 0 Å². The number of amides is 1. The minimum atomic E-state index is 0.0949. The Labute approximate surface area is 114 Å². The van der Waals surface area contributed by atoms with Crippen molar-refractivity contribution in [3.63, 3.8) is 0 Å². The molecule has 1 aromatic rings. The molecule has 1 saturated heterocycles. The highest BCUT2D eigenvalue weighted by Gasteiger charge is 2.20. The average Bonchev–Trinajstić information content (AvgIpc) is 2.83. The van der Waals surface area contributed by atoms with Crippen molar-refractivity contribution in [3.05, 3.63) is 23.7 Å². The number of nitrogens with zero attached hydrogens (tertiary/aromatic N) is 1. The molecule has 5 nitrogen and oxygen atoms in total. The predicted octanol–water partition coefficient (Wildman–Crippen LogP) is 0.888. The van der Waals surface area contributed by atoms with Gasteiger partial charge in [0.1, 0.15) is 11.5 Å². The topological polar surface area (TPSA) is 57.5 Å². The van der Waals surface area contributed by atoms with Crippen LogP contribution >= 0.6 is 0 Å². The van der Waals surface area contributed by atoms with Crippen LogP contribution in [-0.4, -0.2) is 43.5 Å². The highest BCUT2D eigenvalue weighted by Crippen LogP contribution is 2.12. The van der Waals surface area contributed by atoms with Gasteiger partial charge in [-0.25, -0.2) is 0 Å². The van der Waals surface area contributed by atoms with Gasteiger partial charge in [-0.15, -0.1) is 0 Å². The molecule has 0 saturated carbocycles. The molecular weight excluding hydrogens is 242 g/mol. The highest BCUT2D eigenvalue weighted by molar-refractivity contribution is 5.77. The lowest BCUT2D eigenvalue weighted by Crippen LogP contribution is -2.45. The molecule has 1 aliphatic rings. The summed E-state index contributed by atoms with van der Waals surface area (Å²) in [5.41, 5.74) is 0. The van der Waals surface area contributed by atoms with Gasteiger partial charge in [0.2, 0.25) is 5.91 Å². The number of aryl methyl sites for hydroxylation is 1. The molecule has 0 atom stereocenters. The minimum Gasteiger partial charge on any atom is -0.465 e. The van der Waals surface area contributed by atoms with Crippen LogP contribution in [0, 0.1) is 6.92 Å². The van der Waals surface area contributed by atoms with Gasteiger partial charge in [-0.05, 0) is 31.9 Å². The fourth-order valence-electron chi connectivity index (χ4n) is 2.40. The maximum Gasteiger partial charge on any atom is 0.233 e. The van der Waals surface area contributed by atoms with Crippen molar-refractivity contribution in [2.24, 2.45) is 0 Å². The first kappa shape index (κ1) is 14.1. The Bertz CT molecular complexity index is 409. The normalized spacial score (nSPS) is 17.6. The van der Waals surface area contributed by atoms with Crippen LogP contribution in [0.15, 0.2) is 16.5 Å². The average molecular weight is 265 g/mol. The van der Waals surface area contributed by atoms with E-state index in [0.29, 0.717) is 12.6 Å². The molecule has 0 aromatic carbocycles. The maximum atomic E-state index is 11.3. The molecule has 5 heteroatoms. The number of piperidine rings is 1. The second kappa shape index (κ2) is 6.73. The molecule has 106 valence electrons. The number of carbonyl (C=O) groups excluding carboxylic acids is 1. The van der Waals surface area contributed by atoms with E-state index in [1.807, 2.05) is 19.1 Å². The van der Waals surface area contributed by atoms with E-state index in [9.17, 15) is 4.79 Å². The Morgan fingerprint density at radius 2 is 2.16 bits per heavy atom. The van der Waals surface area contributed by atoms with E-state index >= 15 is 0 Å². The summed E-state index contributed by atoms with van der Waals surface area (Å²) in [6.45, 7) is 5.21. The largest absolute Gasteiger partial charge is 0.465 e. The van der Waals surface area contributed by atoms with Crippen molar-refractivity contribution < 1.29 is 9.21 Å². The van der Waals surface area contributed by atoms with E-state index in [-0.39, 0.29) is 5.91 Å². The number of hydrogen-bond acceptors (Lipinski definition) is 4. The lowest BCUT2D eigenvalue weighted by Gasteiger charge is -2.31. The standard InChI is InChI=1S/C14H23N3O2/c1-11-3-4-13(19-11)9-16-12-5-7-17(8-6-12)10-14(18)15-2/h3-4,12,16H,5-10H2,1-2H3,(H,15,18). The van der Waals surface area contributed by atoms with Crippen molar-refractivity contribution in [1.29, 1.82) is 0 Å². The van der Waals surface area contributed by atoms with Gasteiger partial charge in [-0.2, -0.15) is 0 Å². The minimum absolute atomic E-state index is 0.0949. The molecule has 1 aliphatic heterocycles. The Kier molecular flexibility index (Phi) is 4.99. The van der Waals surface area contributed by atoms with Gasteiger partial charge in [0.25, 0.3) is 0 Å². The summed E-state index contributed by atoms with van der Waals surface area (Å²) in [4.78, 5) is 13.5. The summed E-state index contributed by atoms with van der Waals surface area (Å²) < 4.78 is 5.54. The summed E-state index contributed by atoms with van der Waals surface area (Å²) in [5, 5.41) is 6.18. The van der Waals surface area contributed by atoms with Crippen molar-refractivity contribution in [2.45, 2.75) is 32.4 Å². The number of rotatable bonds is 5. The lowest BCUT2D eigenvalue weighted by atomic mass is 10.1. The molecule has 0 aliphatic carbocycles. The second-order valence-corrected chi connectivity index (χ2v) is 5.12. The number of likely N-dealkylation sites (N-methyl/N-ethyl adjacent to an activating group) is 1.